The van der Waals surface area contributed by atoms with E-state index in [0.29, 0.717) is 28.8 Å². The highest BCUT2D eigenvalue weighted by Crippen LogP contribution is 2.23. The van der Waals surface area contributed by atoms with Gasteiger partial charge in [-0.25, -0.2) is 14.6 Å². The van der Waals surface area contributed by atoms with Crippen molar-refractivity contribution in [3.05, 3.63) is 58.6 Å². The van der Waals surface area contributed by atoms with E-state index in [1.54, 1.807) is 23.1 Å². The molecule has 146 valence electrons. The van der Waals surface area contributed by atoms with E-state index < -0.39 is 0 Å². The summed E-state index contributed by atoms with van der Waals surface area (Å²) < 4.78 is 2.67. The smallest absolute Gasteiger partial charge is 0.273 e. The third-order valence-electron chi connectivity index (χ3n) is 4.00. The minimum absolute atomic E-state index is 0.205. The SMILES string of the molecule is CCCCCNC(=O)c1nnn(-c2ccc(Br)cc2)c1CSc1ncccn1. The summed E-state index contributed by atoms with van der Waals surface area (Å²) in [4.78, 5) is 21.1. The first-order valence-electron chi connectivity index (χ1n) is 9.07. The van der Waals surface area contributed by atoms with Gasteiger partial charge in [-0.2, -0.15) is 0 Å². The minimum atomic E-state index is -0.205. The zero-order valence-electron chi connectivity index (χ0n) is 15.5. The fraction of sp³-hybridized carbons (Fsp3) is 0.316. The lowest BCUT2D eigenvalue weighted by Gasteiger charge is -2.08. The number of hydrogen-bond acceptors (Lipinski definition) is 6. The molecular formula is C19H21BrN6OS. The van der Waals surface area contributed by atoms with Crippen molar-refractivity contribution in [1.82, 2.24) is 30.3 Å². The molecule has 0 aliphatic rings. The molecule has 0 unspecified atom stereocenters. The number of nitrogens with zero attached hydrogens (tertiary/aromatic N) is 5. The van der Waals surface area contributed by atoms with E-state index in [9.17, 15) is 4.79 Å². The van der Waals surface area contributed by atoms with Crippen LogP contribution in [-0.2, 0) is 5.75 Å². The largest absolute Gasteiger partial charge is 0.351 e. The van der Waals surface area contributed by atoms with Gasteiger partial charge in [0.2, 0.25) is 0 Å². The van der Waals surface area contributed by atoms with Gasteiger partial charge in [0.15, 0.2) is 10.9 Å². The Bertz CT molecular complexity index is 901. The number of benzene rings is 1. The van der Waals surface area contributed by atoms with Crippen LogP contribution in [-0.4, -0.2) is 37.4 Å². The van der Waals surface area contributed by atoms with Gasteiger partial charge < -0.3 is 5.32 Å². The van der Waals surface area contributed by atoms with E-state index in [4.69, 9.17) is 0 Å². The fourth-order valence-electron chi connectivity index (χ4n) is 2.55. The second kappa shape index (κ2) is 10.3. The fourth-order valence-corrected chi connectivity index (χ4v) is 3.61. The molecule has 1 N–H and O–H groups in total. The van der Waals surface area contributed by atoms with Crippen LogP contribution in [0.4, 0.5) is 0 Å². The van der Waals surface area contributed by atoms with Gasteiger partial charge in [0.05, 0.1) is 11.4 Å². The van der Waals surface area contributed by atoms with E-state index in [1.165, 1.54) is 11.8 Å². The molecule has 2 aromatic heterocycles. The van der Waals surface area contributed by atoms with Crippen LogP contribution >= 0.6 is 27.7 Å². The van der Waals surface area contributed by atoms with Crippen LogP contribution in [0.3, 0.4) is 0 Å². The predicted molar refractivity (Wildman–Crippen MR) is 113 cm³/mol. The molecule has 0 aliphatic carbocycles. The van der Waals surface area contributed by atoms with Crippen LogP contribution < -0.4 is 5.32 Å². The quantitative estimate of drug-likeness (QED) is 0.294. The van der Waals surface area contributed by atoms with Crippen molar-refractivity contribution in [3.8, 4) is 5.69 Å². The Balaban J connectivity index is 1.84. The molecule has 0 radical (unpaired) electrons. The molecule has 0 spiro atoms. The highest BCUT2D eigenvalue weighted by atomic mass is 79.9. The molecule has 0 saturated heterocycles. The maximum Gasteiger partial charge on any atom is 0.273 e. The van der Waals surface area contributed by atoms with Gasteiger partial charge in [0.25, 0.3) is 5.91 Å². The van der Waals surface area contributed by atoms with Gasteiger partial charge in [-0.3, -0.25) is 4.79 Å². The van der Waals surface area contributed by atoms with Crippen molar-refractivity contribution in [3.63, 3.8) is 0 Å². The maximum absolute atomic E-state index is 12.7. The molecule has 0 saturated carbocycles. The molecule has 0 aliphatic heterocycles. The summed E-state index contributed by atoms with van der Waals surface area (Å²) in [5, 5.41) is 12.0. The topological polar surface area (TPSA) is 85.6 Å². The summed E-state index contributed by atoms with van der Waals surface area (Å²) in [7, 11) is 0. The van der Waals surface area contributed by atoms with Gasteiger partial charge in [-0.15, -0.1) is 5.10 Å². The molecule has 0 atom stereocenters. The van der Waals surface area contributed by atoms with Gasteiger partial charge in [0, 0.05) is 29.2 Å². The normalized spacial score (nSPS) is 10.8. The van der Waals surface area contributed by atoms with Gasteiger partial charge in [0.1, 0.15) is 0 Å². The molecule has 2 heterocycles. The number of carbonyl (C=O) groups excluding carboxylic acids is 1. The van der Waals surface area contributed by atoms with Crippen LogP contribution in [0.5, 0.6) is 0 Å². The first-order chi connectivity index (χ1) is 13.7. The van der Waals surface area contributed by atoms with Crippen molar-refractivity contribution in [2.45, 2.75) is 37.1 Å². The van der Waals surface area contributed by atoms with Gasteiger partial charge in [-0.1, -0.05) is 52.7 Å². The average molecular weight is 461 g/mol. The highest BCUT2D eigenvalue weighted by Gasteiger charge is 2.21. The van der Waals surface area contributed by atoms with Crippen LogP contribution in [0.25, 0.3) is 5.69 Å². The lowest BCUT2D eigenvalue weighted by Crippen LogP contribution is -2.26. The van der Waals surface area contributed by atoms with E-state index in [1.807, 2.05) is 24.3 Å². The monoisotopic (exact) mass is 460 g/mol. The maximum atomic E-state index is 12.7. The van der Waals surface area contributed by atoms with Gasteiger partial charge >= 0.3 is 0 Å². The number of unbranched alkanes of at least 4 members (excludes halogenated alkanes) is 2. The van der Waals surface area contributed by atoms with E-state index in [0.717, 1.165) is 29.4 Å². The molecule has 3 aromatic rings. The Hall–Kier alpha value is -2.26. The Labute approximate surface area is 176 Å². The van der Waals surface area contributed by atoms with Crippen LogP contribution in [0.1, 0.15) is 42.4 Å². The molecule has 7 nitrogen and oxygen atoms in total. The van der Waals surface area contributed by atoms with E-state index in [-0.39, 0.29) is 5.91 Å². The number of aromatic nitrogens is 5. The van der Waals surface area contributed by atoms with Crippen molar-refractivity contribution in [2.75, 3.05) is 6.54 Å². The second-order valence-corrected chi connectivity index (χ2v) is 7.91. The number of hydrogen-bond donors (Lipinski definition) is 1. The standard InChI is InChI=1S/C19H21BrN6OS/c1-2-3-4-10-21-18(27)17-16(13-28-19-22-11-5-12-23-19)26(25-24-17)15-8-6-14(20)7-9-15/h5-9,11-12H,2-4,10,13H2,1H3,(H,21,27). The first-order valence-corrected chi connectivity index (χ1v) is 10.9. The summed E-state index contributed by atoms with van der Waals surface area (Å²) in [5.74, 6) is 0.272. The Morgan fingerprint density at radius 2 is 1.93 bits per heavy atom. The molecular weight excluding hydrogens is 440 g/mol. The number of rotatable bonds is 9. The predicted octanol–water partition coefficient (Wildman–Crippen LogP) is 4.03. The Kier molecular flexibility index (Phi) is 7.55. The third-order valence-corrected chi connectivity index (χ3v) is 5.41. The Morgan fingerprint density at radius 1 is 1.18 bits per heavy atom. The third kappa shape index (κ3) is 5.39. The number of amides is 1. The molecule has 28 heavy (non-hydrogen) atoms. The Morgan fingerprint density at radius 3 is 2.64 bits per heavy atom. The minimum Gasteiger partial charge on any atom is -0.351 e. The number of carbonyl (C=O) groups is 1. The van der Waals surface area contributed by atoms with E-state index >= 15 is 0 Å². The zero-order valence-corrected chi connectivity index (χ0v) is 17.9. The summed E-state index contributed by atoms with van der Waals surface area (Å²) in [6.07, 6.45) is 6.53. The lowest BCUT2D eigenvalue weighted by atomic mass is 10.2. The van der Waals surface area contributed by atoms with Crippen LogP contribution in [0.15, 0.2) is 52.4 Å². The number of thioether (sulfide) groups is 1. The van der Waals surface area contributed by atoms with Crippen molar-refractivity contribution < 1.29 is 4.79 Å². The molecule has 1 amide bonds. The average Bonchev–Trinajstić information content (AvgIpc) is 3.15. The molecule has 9 heteroatoms. The zero-order chi connectivity index (χ0) is 19.8. The summed E-state index contributed by atoms with van der Waals surface area (Å²) in [6.45, 7) is 2.76. The van der Waals surface area contributed by atoms with Crippen LogP contribution in [0.2, 0.25) is 0 Å². The van der Waals surface area contributed by atoms with Crippen molar-refractivity contribution in [1.29, 1.82) is 0 Å². The summed E-state index contributed by atoms with van der Waals surface area (Å²) in [6, 6.07) is 9.48. The molecule has 0 bridgehead atoms. The summed E-state index contributed by atoms with van der Waals surface area (Å²) >= 11 is 4.88. The molecule has 3 rings (SSSR count). The molecule has 1 aromatic carbocycles. The van der Waals surface area contributed by atoms with E-state index in [2.05, 4.69) is 48.5 Å². The van der Waals surface area contributed by atoms with Crippen molar-refractivity contribution >= 4 is 33.6 Å². The first kappa shape index (κ1) is 20.5. The van der Waals surface area contributed by atoms with Crippen LogP contribution in [0, 0.1) is 0 Å². The lowest BCUT2D eigenvalue weighted by molar-refractivity contribution is 0.0947. The second-order valence-electron chi connectivity index (χ2n) is 6.06. The van der Waals surface area contributed by atoms with Gasteiger partial charge in [-0.05, 0) is 36.8 Å². The number of halogens is 1. The highest BCUT2D eigenvalue weighted by molar-refractivity contribution is 9.10. The summed E-state index contributed by atoms with van der Waals surface area (Å²) in [5.41, 5.74) is 1.89. The van der Waals surface area contributed by atoms with Crippen molar-refractivity contribution in [2.24, 2.45) is 0 Å². The molecule has 0 fully saturated rings. The number of nitrogens with one attached hydrogen (secondary N) is 1.